The molecule has 0 atom stereocenters. The highest BCUT2D eigenvalue weighted by Gasteiger charge is 2.11. The summed E-state index contributed by atoms with van der Waals surface area (Å²) in [4.78, 5) is 16.9. The van der Waals surface area contributed by atoms with Crippen molar-refractivity contribution in [3.63, 3.8) is 0 Å². The monoisotopic (exact) mass is 192 g/mol. The van der Waals surface area contributed by atoms with Crippen LogP contribution in [0.25, 0.3) is 0 Å². The Morgan fingerprint density at radius 2 is 2.21 bits per heavy atom. The van der Waals surface area contributed by atoms with Gasteiger partial charge in [-0.2, -0.15) is 0 Å². The van der Waals surface area contributed by atoms with Crippen LogP contribution < -0.4 is 4.90 Å². The Labute approximate surface area is 82.5 Å². The van der Waals surface area contributed by atoms with Crippen molar-refractivity contribution in [1.82, 2.24) is 4.98 Å². The van der Waals surface area contributed by atoms with E-state index in [4.69, 9.17) is 4.74 Å². The summed E-state index contributed by atoms with van der Waals surface area (Å²) < 4.78 is 5.24. The number of pyridine rings is 1. The predicted octanol–water partition coefficient (Wildman–Crippen LogP) is 0.731. The van der Waals surface area contributed by atoms with E-state index in [1.165, 1.54) is 0 Å². The molecule has 1 aromatic rings. The van der Waals surface area contributed by atoms with E-state index in [2.05, 4.69) is 9.88 Å². The largest absolute Gasteiger partial charge is 0.378 e. The normalized spacial score (nSPS) is 16.7. The van der Waals surface area contributed by atoms with Crippen molar-refractivity contribution >= 4 is 12.1 Å². The Balaban J connectivity index is 2.17. The van der Waals surface area contributed by atoms with E-state index in [1.54, 1.807) is 18.3 Å². The molecule has 0 bridgehead atoms. The highest BCUT2D eigenvalue weighted by Crippen LogP contribution is 2.12. The molecular formula is C10H12N2O2. The number of rotatable bonds is 2. The average Bonchev–Trinajstić information content (AvgIpc) is 2.30. The fourth-order valence-corrected chi connectivity index (χ4v) is 1.47. The molecule has 14 heavy (non-hydrogen) atoms. The lowest BCUT2D eigenvalue weighted by atomic mass is 10.2. The Morgan fingerprint density at radius 3 is 2.93 bits per heavy atom. The molecule has 0 radical (unpaired) electrons. The van der Waals surface area contributed by atoms with Gasteiger partial charge in [-0.05, 0) is 12.1 Å². The third-order valence-corrected chi connectivity index (χ3v) is 2.24. The fraction of sp³-hybridized carbons (Fsp3) is 0.400. The van der Waals surface area contributed by atoms with E-state index >= 15 is 0 Å². The van der Waals surface area contributed by atoms with E-state index in [-0.39, 0.29) is 0 Å². The van der Waals surface area contributed by atoms with Gasteiger partial charge in [0.25, 0.3) is 0 Å². The highest BCUT2D eigenvalue weighted by atomic mass is 16.5. The molecule has 2 rings (SSSR count). The number of carbonyl (C=O) groups is 1. The minimum absolute atomic E-state index is 0.668. The Bertz CT molecular complexity index is 322. The first-order chi connectivity index (χ1) is 6.90. The summed E-state index contributed by atoms with van der Waals surface area (Å²) in [5.41, 5.74) is 0.668. The molecule has 2 heterocycles. The zero-order valence-electron chi connectivity index (χ0n) is 7.85. The minimum atomic E-state index is 0.668. The van der Waals surface area contributed by atoms with Crippen LogP contribution in [0.5, 0.6) is 0 Å². The number of hydrogen-bond donors (Lipinski definition) is 0. The van der Waals surface area contributed by atoms with Crippen LogP contribution in [0.3, 0.4) is 0 Å². The van der Waals surface area contributed by atoms with Crippen molar-refractivity contribution in [2.24, 2.45) is 0 Å². The lowest BCUT2D eigenvalue weighted by molar-refractivity contribution is 0.112. The van der Waals surface area contributed by atoms with Crippen LogP contribution in [0.4, 0.5) is 5.82 Å². The number of aldehydes is 1. The lowest BCUT2D eigenvalue weighted by Crippen LogP contribution is -2.36. The molecule has 4 nitrogen and oxygen atoms in total. The molecule has 0 amide bonds. The summed E-state index contributed by atoms with van der Waals surface area (Å²) in [5.74, 6) is 0.859. The fourth-order valence-electron chi connectivity index (χ4n) is 1.47. The Hall–Kier alpha value is -1.42. The molecule has 0 saturated carbocycles. The average molecular weight is 192 g/mol. The molecule has 1 aliphatic rings. The summed E-state index contributed by atoms with van der Waals surface area (Å²) in [6.45, 7) is 3.14. The topological polar surface area (TPSA) is 42.4 Å². The maximum absolute atomic E-state index is 10.6. The predicted molar refractivity (Wildman–Crippen MR) is 52.7 cm³/mol. The SMILES string of the molecule is O=Cc1ccnc(N2CCOCC2)c1. The van der Waals surface area contributed by atoms with Gasteiger partial charge in [-0.1, -0.05) is 0 Å². The van der Waals surface area contributed by atoms with Gasteiger partial charge in [0.2, 0.25) is 0 Å². The zero-order valence-corrected chi connectivity index (χ0v) is 7.85. The highest BCUT2D eigenvalue weighted by molar-refractivity contribution is 5.76. The number of morpholine rings is 1. The van der Waals surface area contributed by atoms with E-state index in [0.717, 1.165) is 38.4 Å². The molecular weight excluding hydrogens is 180 g/mol. The van der Waals surface area contributed by atoms with Gasteiger partial charge >= 0.3 is 0 Å². The van der Waals surface area contributed by atoms with Crippen molar-refractivity contribution in [3.8, 4) is 0 Å². The summed E-state index contributed by atoms with van der Waals surface area (Å²) in [5, 5.41) is 0. The number of nitrogens with zero attached hydrogens (tertiary/aromatic N) is 2. The number of anilines is 1. The van der Waals surface area contributed by atoms with Crippen LogP contribution in [-0.4, -0.2) is 37.6 Å². The van der Waals surface area contributed by atoms with Crippen LogP contribution in [0.2, 0.25) is 0 Å². The Kier molecular flexibility index (Phi) is 2.74. The van der Waals surface area contributed by atoms with Crippen molar-refractivity contribution in [3.05, 3.63) is 23.9 Å². The van der Waals surface area contributed by atoms with Crippen molar-refractivity contribution in [2.75, 3.05) is 31.2 Å². The smallest absolute Gasteiger partial charge is 0.150 e. The molecule has 1 aromatic heterocycles. The maximum Gasteiger partial charge on any atom is 0.150 e. The number of aromatic nitrogens is 1. The van der Waals surface area contributed by atoms with Gasteiger partial charge in [-0.15, -0.1) is 0 Å². The second kappa shape index (κ2) is 4.19. The first-order valence-corrected chi connectivity index (χ1v) is 4.64. The summed E-state index contributed by atoms with van der Waals surface area (Å²) >= 11 is 0. The molecule has 0 unspecified atom stereocenters. The van der Waals surface area contributed by atoms with Gasteiger partial charge < -0.3 is 9.64 Å². The van der Waals surface area contributed by atoms with Gasteiger partial charge in [-0.25, -0.2) is 4.98 Å². The van der Waals surface area contributed by atoms with Crippen molar-refractivity contribution in [1.29, 1.82) is 0 Å². The van der Waals surface area contributed by atoms with Crippen molar-refractivity contribution < 1.29 is 9.53 Å². The van der Waals surface area contributed by atoms with Crippen LogP contribution in [0.1, 0.15) is 10.4 Å². The number of hydrogen-bond acceptors (Lipinski definition) is 4. The van der Waals surface area contributed by atoms with Gasteiger partial charge in [-0.3, -0.25) is 4.79 Å². The van der Waals surface area contributed by atoms with E-state index in [0.29, 0.717) is 5.56 Å². The zero-order chi connectivity index (χ0) is 9.80. The van der Waals surface area contributed by atoms with Crippen LogP contribution in [0.15, 0.2) is 18.3 Å². The van der Waals surface area contributed by atoms with Crippen LogP contribution in [-0.2, 0) is 4.74 Å². The lowest BCUT2D eigenvalue weighted by Gasteiger charge is -2.27. The van der Waals surface area contributed by atoms with Gasteiger partial charge in [0.1, 0.15) is 12.1 Å². The van der Waals surface area contributed by atoms with E-state index < -0.39 is 0 Å². The van der Waals surface area contributed by atoms with E-state index in [9.17, 15) is 4.79 Å². The van der Waals surface area contributed by atoms with Crippen LogP contribution >= 0.6 is 0 Å². The molecule has 74 valence electrons. The molecule has 0 aromatic carbocycles. The summed E-state index contributed by atoms with van der Waals surface area (Å²) in [6, 6.07) is 3.51. The molecule has 0 aliphatic carbocycles. The Morgan fingerprint density at radius 1 is 1.43 bits per heavy atom. The third kappa shape index (κ3) is 1.90. The second-order valence-electron chi connectivity index (χ2n) is 3.16. The van der Waals surface area contributed by atoms with Gasteiger partial charge in [0.05, 0.1) is 13.2 Å². The van der Waals surface area contributed by atoms with Gasteiger partial charge in [0, 0.05) is 24.8 Å². The number of ether oxygens (including phenoxy) is 1. The summed E-state index contributed by atoms with van der Waals surface area (Å²) in [7, 11) is 0. The van der Waals surface area contributed by atoms with Gasteiger partial charge in [0.15, 0.2) is 0 Å². The molecule has 4 heteroatoms. The first kappa shape index (κ1) is 9.15. The minimum Gasteiger partial charge on any atom is -0.378 e. The number of carbonyl (C=O) groups excluding carboxylic acids is 1. The molecule has 0 N–H and O–H groups in total. The molecule has 1 fully saturated rings. The second-order valence-corrected chi connectivity index (χ2v) is 3.16. The summed E-state index contributed by atoms with van der Waals surface area (Å²) in [6.07, 6.45) is 2.50. The van der Waals surface area contributed by atoms with E-state index in [1.807, 2.05) is 0 Å². The molecule has 1 aliphatic heterocycles. The molecule has 1 saturated heterocycles. The van der Waals surface area contributed by atoms with Crippen LogP contribution in [0, 0.1) is 0 Å². The molecule has 0 spiro atoms. The quantitative estimate of drug-likeness (QED) is 0.648. The standard InChI is InChI=1S/C10H12N2O2/c13-8-9-1-2-11-10(7-9)12-3-5-14-6-4-12/h1-2,7-8H,3-6H2. The third-order valence-electron chi connectivity index (χ3n) is 2.24. The first-order valence-electron chi connectivity index (χ1n) is 4.64. The maximum atomic E-state index is 10.6. The van der Waals surface area contributed by atoms with Crippen molar-refractivity contribution in [2.45, 2.75) is 0 Å².